The number of nitrogens with one attached hydrogen (secondary N) is 2. The second-order valence-electron chi connectivity index (χ2n) is 7.34. The molecule has 1 aliphatic carbocycles. The molecule has 2 rings (SSSR count). The van der Waals surface area contributed by atoms with Crippen molar-refractivity contribution in [1.29, 1.82) is 0 Å². The van der Waals surface area contributed by atoms with Crippen LogP contribution < -0.4 is 10.6 Å². The number of aliphatic imine (C=N–C) groups is 1. The summed E-state index contributed by atoms with van der Waals surface area (Å²) < 4.78 is 0. The Hall–Kier alpha value is -0.570. The predicted molar refractivity (Wildman–Crippen MR) is 115 cm³/mol. The number of hydrogen-bond donors (Lipinski definition) is 2. The van der Waals surface area contributed by atoms with Crippen molar-refractivity contribution in [2.24, 2.45) is 10.9 Å². The number of hydrogen-bond acceptors (Lipinski definition) is 3. The number of likely N-dealkylation sites (tertiary alicyclic amines) is 1. The van der Waals surface area contributed by atoms with Gasteiger partial charge in [0.15, 0.2) is 5.96 Å². The van der Waals surface area contributed by atoms with Crippen LogP contribution in [0.2, 0.25) is 0 Å². The normalized spacial score (nSPS) is 19.1. The maximum Gasteiger partial charge on any atom is 0.220 e. The number of halogens is 1. The lowest BCUT2D eigenvalue weighted by atomic mass is 9.93. The van der Waals surface area contributed by atoms with Gasteiger partial charge in [-0.15, -0.1) is 24.0 Å². The molecule has 146 valence electrons. The van der Waals surface area contributed by atoms with E-state index in [0.717, 1.165) is 51.0 Å². The molecule has 0 atom stereocenters. The van der Waals surface area contributed by atoms with Crippen molar-refractivity contribution in [2.75, 3.05) is 40.3 Å². The Labute approximate surface area is 170 Å². The first-order chi connectivity index (χ1) is 11.5. The van der Waals surface area contributed by atoms with Gasteiger partial charge in [0.05, 0.1) is 0 Å². The molecule has 0 bridgehead atoms. The predicted octanol–water partition coefficient (Wildman–Crippen LogP) is 1.90. The van der Waals surface area contributed by atoms with Gasteiger partial charge < -0.3 is 15.5 Å². The number of carbonyl (C=O) groups is 1. The maximum absolute atomic E-state index is 11.5. The summed E-state index contributed by atoms with van der Waals surface area (Å²) in [5.41, 5.74) is 0. The lowest BCUT2D eigenvalue weighted by Gasteiger charge is -2.34. The zero-order valence-corrected chi connectivity index (χ0v) is 18.6. The fourth-order valence-electron chi connectivity index (χ4n) is 3.61. The minimum absolute atomic E-state index is 0. The summed E-state index contributed by atoms with van der Waals surface area (Å²) in [7, 11) is 3.57. The highest BCUT2D eigenvalue weighted by Gasteiger charge is 2.30. The third kappa shape index (κ3) is 7.29. The lowest BCUT2D eigenvalue weighted by Crippen LogP contribution is -2.48. The molecule has 0 spiro atoms. The second kappa shape index (κ2) is 11.2. The van der Waals surface area contributed by atoms with E-state index in [1.165, 1.54) is 12.8 Å². The van der Waals surface area contributed by atoms with Crippen LogP contribution in [0.1, 0.15) is 46.0 Å². The Morgan fingerprint density at radius 2 is 1.88 bits per heavy atom. The molecule has 0 unspecified atom stereocenters. The number of rotatable bonds is 7. The molecule has 7 heteroatoms. The molecule has 1 aliphatic heterocycles. The van der Waals surface area contributed by atoms with Crippen LogP contribution in [0.15, 0.2) is 4.99 Å². The standard InChI is InChI=1S/C18H35N5O.HI/c1-14(2)23(16-5-6-16)12-9-21-18(20-4)22-10-7-15(8-11-22)13-17(24)19-3;/h14-16H,5-13H2,1-4H3,(H,19,24)(H,20,21);1H. The molecule has 1 saturated carbocycles. The van der Waals surface area contributed by atoms with Crippen LogP contribution >= 0.6 is 24.0 Å². The van der Waals surface area contributed by atoms with E-state index in [2.05, 4.69) is 39.3 Å². The second-order valence-corrected chi connectivity index (χ2v) is 7.34. The summed E-state index contributed by atoms with van der Waals surface area (Å²) in [5, 5.41) is 6.25. The van der Waals surface area contributed by atoms with E-state index in [4.69, 9.17) is 0 Å². The smallest absolute Gasteiger partial charge is 0.220 e. The van der Waals surface area contributed by atoms with Crippen LogP contribution in [-0.2, 0) is 4.79 Å². The van der Waals surface area contributed by atoms with Crippen molar-refractivity contribution in [1.82, 2.24) is 20.4 Å². The SMILES string of the molecule is CN=C(NCCN(C(C)C)C1CC1)N1CCC(CC(=O)NC)CC1.I. The van der Waals surface area contributed by atoms with Crippen molar-refractivity contribution in [3.05, 3.63) is 0 Å². The van der Waals surface area contributed by atoms with E-state index in [1.807, 2.05) is 7.05 Å². The summed E-state index contributed by atoms with van der Waals surface area (Å²) in [6.45, 7) is 8.55. The van der Waals surface area contributed by atoms with Gasteiger partial charge in [-0.2, -0.15) is 0 Å². The topological polar surface area (TPSA) is 60.0 Å². The Kier molecular flexibility index (Phi) is 10.1. The molecule has 25 heavy (non-hydrogen) atoms. The van der Waals surface area contributed by atoms with Crippen LogP contribution in [0.25, 0.3) is 0 Å². The van der Waals surface area contributed by atoms with Gasteiger partial charge in [0, 0.05) is 58.8 Å². The van der Waals surface area contributed by atoms with Crippen molar-refractivity contribution in [3.8, 4) is 0 Å². The molecule has 0 aromatic rings. The molecule has 1 saturated heterocycles. The quantitative estimate of drug-likeness (QED) is 0.343. The maximum atomic E-state index is 11.5. The molecular formula is C18H36IN5O. The molecule has 6 nitrogen and oxygen atoms in total. The fraction of sp³-hybridized carbons (Fsp3) is 0.889. The fourth-order valence-corrected chi connectivity index (χ4v) is 3.61. The Morgan fingerprint density at radius 3 is 2.36 bits per heavy atom. The Bertz CT molecular complexity index is 429. The van der Waals surface area contributed by atoms with Gasteiger partial charge in [-0.1, -0.05) is 0 Å². The van der Waals surface area contributed by atoms with E-state index in [1.54, 1.807) is 7.05 Å². The van der Waals surface area contributed by atoms with E-state index in [9.17, 15) is 4.79 Å². The van der Waals surface area contributed by atoms with Crippen LogP contribution in [0.4, 0.5) is 0 Å². The van der Waals surface area contributed by atoms with Crippen LogP contribution in [0.5, 0.6) is 0 Å². The third-order valence-corrected chi connectivity index (χ3v) is 5.21. The highest BCUT2D eigenvalue weighted by Crippen LogP contribution is 2.28. The van der Waals surface area contributed by atoms with Crippen molar-refractivity contribution < 1.29 is 4.79 Å². The number of guanidine groups is 1. The third-order valence-electron chi connectivity index (χ3n) is 5.21. The van der Waals surface area contributed by atoms with Crippen LogP contribution in [-0.4, -0.2) is 74.0 Å². The average molecular weight is 465 g/mol. The van der Waals surface area contributed by atoms with E-state index in [0.29, 0.717) is 18.4 Å². The van der Waals surface area contributed by atoms with E-state index in [-0.39, 0.29) is 29.9 Å². The molecular weight excluding hydrogens is 429 g/mol. The zero-order chi connectivity index (χ0) is 17.5. The Balaban J connectivity index is 0.00000312. The summed E-state index contributed by atoms with van der Waals surface area (Å²) >= 11 is 0. The first-order valence-electron chi connectivity index (χ1n) is 9.47. The number of carbonyl (C=O) groups excluding carboxylic acids is 1. The lowest BCUT2D eigenvalue weighted by molar-refractivity contribution is -0.121. The van der Waals surface area contributed by atoms with Crippen molar-refractivity contribution in [3.63, 3.8) is 0 Å². The minimum atomic E-state index is 0. The van der Waals surface area contributed by atoms with Crippen molar-refractivity contribution in [2.45, 2.75) is 58.0 Å². The largest absolute Gasteiger partial charge is 0.359 e. The molecule has 2 N–H and O–H groups in total. The minimum Gasteiger partial charge on any atom is -0.359 e. The molecule has 2 aliphatic rings. The highest BCUT2D eigenvalue weighted by molar-refractivity contribution is 14.0. The number of nitrogens with zero attached hydrogens (tertiary/aromatic N) is 3. The van der Waals surface area contributed by atoms with Gasteiger partial charge >= 0.3 is 0 Å². The summed E-state index contributed by atoms with van der Waals surface area (Å²) in [6, 6.07) is 1.41. The molecule has 0 aromatic carbocycles. The van der Waals surface area contributed by atoms with Crippen LogP contribution in [0.3, 0.4) is 0 Å². The highest BCUT2D eigenvalue weighted by atomic mass is 127. The van der Waals surface area contributed by atoms with Gasteiger partial charge in [0.25, 0.3) is 0 Å². The first-order valence-corrected chi connectivity index (χ1v) is 9.47. The monoisotopic (exact) mass is 465 g/mol. The summed E-state index contributed by atoms with van der Waals surface area (Å²) in [6.07, 6.45) is 5.49. The first kappa shape index (κ1) is 22.5. The van der Waals surface area contributed by atoms with E-state index < -0.39 is 0 Å². The molecule has 0 aromatic heterocycles. The van der Waals surface area contributed by atoms with Crippen molar-refractivity contribution >= 4 is 35.8 Å². The summed E-state index contributed by atoms with van der Waals surface area (Å²) in [5.74, 6) is 1.67. The number of piperidine rings is 1. The molecule has 1 heterocycles. The van der Waals surface area contributed by atoms with Gasteiger partial charge in [-0.05, 0) is 45.4 Å². The molecule has 2 fully saturated rings. The zero-order valence-electron chi connectivity index (χ0n) is 16.3. The van der Waals surface area contributed by atoms with Gasteiger partial charge in [0.2, 0.25) is 5.91 Å². The molecule has 1 amide bonds. The molecule has 0 radical (unpaired) electrons. The van der Waals surface area contributed by atoms with Gasteiger partial charge in [-0.25, -0.2) is 0 Å². The summed E-state index contributed by atoms with van der Waals surface area (Å²) in [4.78, 5) is 20.9. The van der Waals surface area contributed by atoms with Crippen LogP contribution in [0, 0.1) is 5.92 Å². The number of amides is 1. The van der Waals surface area contributed by atoms with E-state index >= 15 is 0 Å². The average Bonchev–Trinajstić information content (AvgIpc) is 3.40. The van der Waals surface area contributed by atoms with Gasteiger partial charge in [0.1, 0.15) is 0 Å². The van der Waals surface area contributed by atoms with Gasteiger partial charge in [-0.3, -0.25) is 14.7 Å². The Morgan fingerprint density at radius 1 is 1.24 bits per heavy atom.